The number of nitrogens with zero attached hydrogens (tertiary/aromatic N) is 2. The minimum absolute atomic E-state index is 0.0399. The maximum absolute atomic E-state index is 13.3. The average molecular weight is 655 g/mol. The zero-order valence-corrected chi connectivity index (χ0v) is 28.3. The molecule has 1 amide bonds. The fraction of sp³-hybridized carbons (Fsp3) is 0.364. The summed E-state index contributed by atoms with van der Waals surface area (Å²) in [5.74, 6) is 0.564. The molecule has 0 bridgehead atoms. The number of amides is 1. The number of fused-ring (bicyclic) bond motifs is 1. The van der Waals surface area contributed by atoms with Crippen LogP contribution >= 0.6 is 22.9 Å². The first-order valence-electron chi connectivity index (χ1n) is 14.6. The van der Waals surface area contributed by atoms with Crippen molar-refractivity contribution in [3.05, 3.63) is 81.7 Å². The second-order valence-electron chi connectivity index (χ2n) is 12.2. The Morgan fingerprint density at radius 1 is 0.955 bits per heavy atom. The monoisotopic (exact) mass is 654 g/mol. The molecule has 1 aromatic heterocycles. The smallest absolute Gasteiger partial charge is 0.265 e. The van der Waals surface area contributed by atoms with Crippen molar-refractivity contribution in [2.45, 2.75) is 39.2 Å². The number of thiophene rings is 1. The van der Waals surface area contributed by atoms with Crippen molar-refractivity contribution in [2.24, 2.45) is 0 Å². The van der Waals surface area contributed by atoms with Crippen molar-refractivity contribution in [2.75, 3.05) is 54.4 Å². The van der Waals surface area contributed by atoms with E-state index in [1.165, 1.54) is 11.3 Å². The Hall–Kier alpha value is -3.31. The number of piperazine rings is 1. The fourth-order valence-electron chi connectivity index (χ4n) is 5.35. The van der Waals surface area contributed by atoms with Crippen LogP contribution in [0.1, 0.15) is 48.5 Å². The van der Waals surface area contributed by atoms with Crippen LogP contribution in [0.25, 0.3) is 10.1 Å². The first kappa shape index (κ1) is 32.1. The maximum Gasteiger partial charge on any atom is 0.265 e. The number of likely N-dealkylation sites (N-methyl/N-ethyl adjacent to an activating group) is 1. The highest BCUT2D eigenvalue weighted by atomic mass is 35.5. The number of nitrogens with one attached hydrogen (secondary N) is 2. The lowest BCUT2D eigenvalue weighted by Gasteiger charge is -2.35. The second kappa shape index (κ2) is 12.6. The van der Waals surface area contributed by atoms with Crippen LogP contribution in [0.4, 0.5) is 17.1 Å². The Balaban J connectivity index is 1.43. The van der Waals surface area contributed by atoms with Gasteiger partial charge in [0, 0.05) is 64.4 Å². The number of carbonyl (C=O) groups excluding carboxylic acids is 1. The number of carbonyl (C=O) groups is 1. The third-order valence-corrected chi connectivity index (χ3v) is 9.71. The average Bonchev–Trinajstić information content (AvgIpc) is 3.35. The zero-order chi connectivity index (χ0) is 31.8. The first-order valence-corrected chi connectivity index (χ1v) is 17.6. The highest BCUT2D eigenvalue weighted by Gasteiger charge is 2.27. The van der Waals surface area contributed by atoms with Gasteiger partial charge >= 0.3 is 0 Å². The van der Waals surface area contributed by atoms with Crippen LogP contribution in [0.5, 0.6) is 5.75 Å². The van der Waals surface area contributed by atoms with Crippen molar-refractivity contribution >= 4 is 66.0 Å². The quantitative estimate of drug-likeness (QED) is 0.201. The van der Waals surface area contributed by atoms with Crippen molar-refractivity contribution < 1.29 is 17.9 Å². The van der Waals surface area contributed by atoms with Gasteiger partial charge in [0.2, 0.25) is 10.0 Å². The summed E-state index contributed by atoms with van der Waals surface area (Å²) in [7, 11) is -1.26. The lowest BCUT2D eigenvalue weighted by atomic mass is 9.77. The van der Waals surface area contributed by atoms with Crippen molar-refractivity contribution in [3.8, 4) is 5.75 Å². The number of halogens is 1. The SMILES string of the molecule is CC(C)Oc1cc(N2CCN(C)CC2)cc(C(C)(C)c2cc(Cl)cc(NC(=O)c3cc4cc(NS(C)(=O)=O)ccc4s3)c2)c1. The molecule has 8 nitrogen and oxygen atoms in total. The van der Waals surface area contributed by atoms with E-state index in [-0.39, 0.29) is 12.0 Å². The van der Waals surface area contributed by atoms with Crippen LogP contribution in [0, 0.1) is 0 Å². The molecule has 5 rings (SSSR count). The Labute approximate surface area is 269 Å². The number of sulfonamides is 1. The molecule has 0 aliphatic carbocycles. The van der Waals surface area contributed by atoms with Gasteiger partial charge in [-0.2, -0.15) is 0 Å². The van der Waals surface area contributed by atoms with Gasteiger partial charge in [0.15, 0.2) is 0 Å². The standard InChI is InChI=1S/C33H39ClN4O4S2/c1-21(2)42-29-18-24(17-28(20-29)38-11-9-37(5)10-12-38)33(3,4)23-15-25(34)19-27(16-23)35-32(39)31-14-22-13-26(36-44(6,40)41)7-8-30(22)43-31/h7-8,13-21,36H,9-12H2,1-6H3,(H,35,39). The molecule has 2 heterocycles. The molecule has 0 saturated carbocycles. The molecule has 1 aliphatic rings. The van der Waals surface area contributed by atoms with Gasteiger partial charge in [0.25, 0.3) is 5.91 Å². The van der Waals surface area contributed by atoms with E-state index >= 15 is 0 Å². The van der Waals surface area contributed by atoms with Crippen LogP contribution in [-0.2, 0) is 15.4 Å². The molecular weight excluding hydrogens is 616 g/mol. The summed E-state index contributed by atoms with van der Waals surface area (Å²) < 4.78 is 32.8. The van der Waals surface area contributed by atoms with Gasteiger partial charge in [-0.1, -0.05) is 25.4 Å². The number of ether oxygens (including phenoxy) is 1. The predicted octanol–water partition coefficient (Wildman–Crippen LogP) is 7.04. The molecule has 234 valence electrons. The van der Waals surface area contributed by atoms with Gasteiger partial charge in [-0.15, -0.1) is 11.3 Å². The molecule has 2 N–H and O–H groups in total. The predicted molar refractivity (Wildman–Crippen MR) is 184 cm³/mol. The Morgan fingerprint density at radius 3 is 2.34 bits per heavy atom. The summed E-state index contributed by atoms with van der Waals surface area (Å²) in [4.78, 5) is 18.6. The van der Waals surface area contributed by atoms with Gasteiger partial charge in [-0.3, -0.25) is 9.52 Å². The minimum Gasteiger partial charge on any atom is -0.491 e. The number of benzene rings is 3. The van der Waals surface area contributed by atoms with Gasteiger partial charge < -0.3 is 19.9 Å². The second-order valence-corrected chi connectivity index (χ2v) is 15.5. The molecule has 0 spiro atoms. The zero-order valence-electron chi connectivity index (χ0n) is 25.9. The van der Waals surface area contributed by atoms with E-state index in [0.717, 1.165) is 65.1 Å². The van der Waals surface area contributed by atoms with Gasteiger partial charge in [0.05, 0.1) is 17.2 Å². The van der Waals surface area contributed by atoms with Gasteiger partial charge in [-0.05, 0) is 92.0 Å². The molecule has 1 saturated heterocycles. The molecule has 1 fully saturated rings. The molecular formula is C33H39ClN4O4S2. The third kappa shape index (κ3) is 7.66. The summed E-state index contributed by atoms with van der Waals surface area (Å²) in [6, 6.07) is 19.1. The largest absolute Gasteiger partial charge is 0.491 e. The van der Waals surface area contributed by atoms with E-state index in [9.17, 15) is 13.2 Å². The van der Waals surface area contributed by atoms with E-state index in [2.05, 4.69) is 58.9 Å². The van der Waals surface area contributed by atoms with E-state index < -0.39 is 15.4 Å². The minimum atomic E-state index is -3.40. The molecule has 0 radical (unpaired) electrons. The highest BCUT2D eigenvalue weighted by Crippen LogP contribution is 2.39. The third-order valence-electron chi connectivity index (χ3n) is 7.77. The molecule has 11 heteroatoms. The summed E-state index contributed by atoms with van der Waals surface area (Å²) in [5, 5.41) is 4.32. The topological polar surface area (TPSA) is 91.0 Å². The van der Waals surface area contributed by atoms with Crippen LogP contribution < -0.4 is 19.7 Å². The van der Waals surface area contributed by atoms with E-state index in [1.54, 1.807) is 30.3 Å². The number of hydrogen-bond acceptors (Lipinski definition) is 7. The van der Waals surface area contributed by atoms with Crippen LogP contribution in [0.3, 0.4) is 0 Å². The summed E-state index contributed by atoms with van der Waals surface area (Å²) in [5.41, 5.74) is 3.77. The van der Waals surface area contributed by atoms with Crippen molar-refractivity contribution in [3.63, 3.8) is 0 Å². The lowest BCUT2D eigenvalue weighted by molar-refractivity contribution is 0.103. The van der Waals surface area contributed by atoms with Crippen molar-refractivity contribution in [1.82, 2.24) is 4.90 Å². The molecule has 1 aliphatic heterocycles. The normalized spacial score (nSPS) is 14.7. The Kier molecular flexibility index (Phi) is 9.18. The molecule has 3 aromatic carbocycles. The molecule has 0 atom stereocenters. The Bertz CT molecular complexity index is 1790. The molecule has 0 unspecified atom stereocenters. The highest BCUT2D eigenvalue weighted by molar-refractivity contribution is 7.92. The van der Waals surface area contributed by atoms with Crippen molar-refractivity contribution in [1.29, 1.82) is 0 Å². The van der Waals surface area contributed by atoms with E-state index in [1.807, 2.05) is 26.0 Å². The summed E-state index contributed by atoms with van der Waals surface area (Å²) >= 11 is 7.97. The molecule has 4 aromatic rings. The summed E-state index contributed by atoms with van der Waals surface area (Å²) in [6.45, 7) is 12.3. The van der Waals surface area contributed by atoms with Crippen LogP contribution in [0.2, 0.25) is 5.02 Å². The Morgan fingerprint density at radius 2 is 1.66 bits per heavy atom. The van der Waals surface area contributed by atoms with Gasteiger partial charge in [0.1, 0.15) is 5.75 Å². The van der Waals surface area contributed by atoms with Crippen LogP contribution in [0.15, 0.2) is 60.7 Å². The van der Waals surface area contributed by atoms with E-state index in [4.69, 9.17) is 16.3 Å². The number of rotatable bonds is 9. The number of hydrogen-bond donors (Lipinski definition) is 2. The van der Waals surface area contributed by atoms with Gasteiger partial charge in [-0.25, -0.2) is 8.42 Å². The van der Waals surface area contributed by atoms with E-state index in [0.29, 0.717) is 21.3 Å². The number of anilines is 3. The van der Waals surface area contributed by atoms with Crippen LogP contribution in [-0.4, -0.2) is 64.8 Å². The molecule has 44 heavy (non-hydrogen) atoms. The fourth-order valence-corrected chi connectivity index (χ4v) is 7.07. The summed E-state index contributed by atoms with van der Waals surface area (Å²) in [6.07, 6.45) is 1.14. The maximum atomic E-state index is 13.3. The lowest BCUT2D eigenvalue weighted by Crippen LogP contribution is -2.44. The first-order chi connectivity index (χ1) is 20.7.